The van der Waals surface area contributed by atoms with Crippen LogP contribution in [0.5, 0.6) is 0 Å². The highest BCUT2D eigenvalue weighted by Crippen LogP contribution is 2.27. The van der Waals surface area contributed by atoms with Gasteiger partial charge in [-0.2, -0.15) is 0 Å². The van der Waals surface area contributed by atoms with Crippen molar-refractivity contribution in [3.05, 3.63) is 0 Å². The van der Waals surface area contributed by atoms with Crippen molar-refractivity contribution in [2.45, 2.75) is 11.2 Å². The lowest BCUT2D eigenvalue weighted by Crippen LogP contribution is -2.45. The van der Waals surface area contributed by atoms with Gasteiger partial charge < -0.3 is 15.3 Å². The van der Waals surface area contributed by atoms with Gasteiger partial charge in [0.05, 0.1) is 6.42 Å². The maximum atomic E-state index is 10.6. The molecule has 0 rings (SSSR count). The minimum absolute atomic E-state index is 0.482. The van der Waals surface area contributed by atoms with Gasteiger partial charge in [-0.3, -0.25) is 14.4 Å². The standard InChI is InChI=1S/C6H8O6S/c1-13-6(4(9)10,5(11)12)2-3(7)8/h2H2,1H3,(H,7,8)(H,9,10)(H,11,12). The normalized spacial score (nSPS) is 10.8. The number of hydrogen-bond donors (Lipinski definition) is 3. The molecular weight excluding hydrogens is 200 g/mol. The SMILES string of the molecule is CSC(CC(=O)O)(C(=O)O)C(=O)O. The minimum atomic E-state index is -2.29. The second kappa shape index (κ2) is 4.13. The van der Waals surface area contributed by atoms with E-state index < -0.39 is 29.1 Å². The average molecular weight is 208 g/mol. The van der Waals surface area contributed by atoms with Gasteiger partial charge in [0.2, 0.25) is 4.75 Å². The molecule has 0 saturated heterocycles. The largest absolute Gasteiger partial charge is 0.481 e. The summed E-state index contributed by atoms with van der Waals surface area (Å²) in [7, 11) is 0. The van der Waals surface area contributed by atoms with Crippen LogP contribution in [-0.2, 0) is 14.4 Å². The maximum absolute atomic E-state index is 10.6. The second-order valence-corrected chi connectivity index (χ2v) is 3.32. The first-order valence-corrected chi connectivity index (χ1v) is 4.33. The Kier molecular flexibility index (Phi) is 3.73. The molecule has 0 saturated carbocycles. The van der Waals surface area contributed by atoms with E-state index in [-0.39, 0.29) is 0 Å². The molecule has 74 valence electrons. The van der Waals surface area contributed by atoms with Crippen LogP contribution in [0.2, 0.25) is 0 Å². The molecule has 0 aromatic heterocycles. The van der Waals surface area contributed by atoms with Crippen molar-refractivity contribution in [1.82, 2.24) is 0 Å². The molecule has 0 aromatic carbocycles. The van der Waals surface area contributed by atoms with E-state index >= 15 is 0 Å². The predicted octanol–water partition coefficient (Wildman–Crippen LogP) is -0.268. The number of hydrogen-bond acceptors (Lipinski definition) is 4. The Morgan fingerprint density at radius 3 is 1.62 bits per heavy atom. The third kappa shape index (κ3) is 2.35. The zero-order valence-corrected chi connectivity index (χ0v) is 7.50. The summed E-state index contributed by atoms with van der Waals surface area (Å²) >= 11 is 0.482. The molecule has 0 amide bonds. The number of carboxylic acids is 3. The van der Waals surface area contributed by atoms with Crippen molar-refractivity contribution in [3.8, 4) is 0 Å². The van der Waals surface area contributed by atoms with Crippen LogP contribution in [-0.4, -0.2) is 44.2 Å². The van der Waals surface area contributed by atoms with E-state index in [0.717, 1.165) is 0 Å². The highest BCUT2D eigenvalue weighted by atomic mass is 32.2. The molecule has 7 heteroatoms. The first kappa shape index (κ1) is 11.8. The molecule has 0 radical (unpaired) electrons. The molecule has 0 spiro atoms. The van der Waals surface area contributed by atoms with Gasteiger partial charge in [-0.05, 0) is 6.26 Å². The van der Waals surface area contributed by atoms with Crippen LogP contribution in [0.25, 0.3) is 0 Å². The van der Waals surface area contributed by atoms with E-state index in [0.29, 0.717) is 11.8 Å². The smallest absolute Gasteiger partial charge is 0.331 e. The van der Waals surface area contributed by atoms with Crippen molar-refractivity contribution in [3.63, 3.8) is 0 Å². The van der Waals surface area contributed by atoms with Crippen LogP contribution in [0.1, 0.15) is 6.42 Å². The minimum Gasteiger partial charge on any atom is -0.481 e. The fourth-order valence-electron chi connectivity index (χ4n) is 0.702. The molecule has 3 N–H and O–H groups in total. The monoisotopic (exact) mass is 208 g/mol. The highest BCUT2D eigenvalue weighted by molar-refractivity contribution is 8.01. The molecule has 13 heavy (non-hydrogen) atoms. The Balaban J connectivity index is 4.98. The van der Waals surface area contributed by atoms with E-state index in [1.807, 2.05) is 0 Å². The Morgan fingerprint density at radius 2 is 1.54 bits per heavy atom. The molecule has 0 fully saturated rings. The second-order valence-electron chi connectivity index (χ2n) is 2.21. The van der Waals surface area contributed by atoms with Crippen molar-refractivity contribution in [1.29, 1.82) is 0 Å². The van der Waals surface area contributed by atoms with E-state index in [4.69, 9.17) is 15.3 Å². The first-order chi connectivity index (χ1) is 5.86. The fraction of sp³-hybridized carbons (Fsp3) is 0.500. The van der Waals surface area contributed by atoms with Crippen LogP contribution < -0.4 is 0 Å². The summed E-state index contributed by atoms with van der Waals surface area (Å²) < 4.78 is -2.29. The lowest BCUT2D eigenvalue weighted by Gasteiger charge is -2.19. The number of carboxylic acid groups (broad SMARTS) is 3. The molecule has 0 aromatic rings. The van der Waals surface area contributed by atoms with Gasteiger partial charge in [-0.15, -0.1) is 11.8 Å². The zero-order valence-electron chi connectivity index (χ0n) is 6.68. The van der Waals surface area contributed by atoms with Gasteiger partial charge in [0.1, 0.15) is 0 Å². The van der Waals surface area contributed by atoms with Gasteiger partial charge in [0.25, 0.3) is 0 Å². The fourth-order valence-corrected chi connectivity index (χ4v) is 1.32. The van der Waals surface area contributed by atoms with Gasteiger partial charge in [-0.1, -0.05) is 0 Å². The summed E-state index contributed by atoms with van der Waals surface area (Å²) in [6, 6.07) is 0. The summed E-state index contributed by atoms with van der Waals surface area (Å²) in [5, 5.41) is 25.5. The topological polar surface area (TPSA) is 112 Å². The average Bonchev–Trinajstić information content (AvgIpc) is 1.98. The summed E-state index contributed by atoms with van der Waals surface area (Å²) in [5.41, 5.74) is 0. The highest BCUT2D eigenvalue weighted by Gasteiger charge is 2.48. The quantitative estimate of drug-likeness (QED) is 0.533. The van der Waals surface area contributed by atoms with Crippen molar-refractivity contribution in [2.75, 3.05) is 6.26 Å². The van der Waals surface area contributed by atoms with Crippen LogP contribution in [0, 0.1) is 0 Å². The lowest BCUT2D eigenvalue weighted by atomic mass is 10.1. The third-order valence-corrected chi connectivity index (χ3v) is 2.63. The van der Waals surface area contributed by atoms with E-state index in [2.05, 4.69) is 0 Å². The maximum Gasteiger partial charge on any atom is 0.331 e. The Hall–Kier alpha value is -1.24. The van der Waals surface area contributed by atoms with Gasteiger partial charge in [0, 0.05) is 0 Å². The number of aliphatic carboxylic acids is 3. The van der Waals surface area contributed by atoms with E-state index in [1.54, 1.807) is 0 Å². The molecule has 0 bridgehead atoms. The number of rotatable bonds is 5. The molecule has 0 aliphatic heterocycles. The third-order valence-electron chi connectivity index (χ3n) is 1.44. The molecular formula is C6H8O6S. The van der Waals surface area contributed by atoms with Gasteiger partial charge in [-0.25, -0.2) is 0 Å². The van der Waals surface area contributed by atoms with Gasteiger partial charge >= 0.3 is 17.9 Å². The Labute approximate surface area is 77.6 Å². The molecule has 0 aliphatic carbocycles. The molecule has 0 unspecified atom stereocenters. The van der Waals surface area contributed by atoms with Gasteiger partial charge in [0.15, 0.2) is 0 Å². The number of carbonyl (C=O) groups is 3. The summed E-state index contributed by atoms with van der Waals surface area (Å²) in [5.74, 6) is -4.77. The molecule has 6 nitrogen and oxygen atoms in total. The summed E-state index contributed by atoms with van der Waals surface area (Å²) in [6.45, 7) is 0. The summed E-state index contributed by atoms with van der Waals surface area (Å²) in [6.07, 6.45) is 0.296. The molecule has 0 atom stereocenters. The van der Waals surface area contributed by atoms with Crippen LogP contribution in [0.3, 0.4) is 0 Å². The molecule has 0 aliphatic rings. The Bertz CT molecular complexity index is 234. The molecule has 0 heterocycles. The van der Waals surface area contributed by atoms with E-state index in [1.165, 1.54) is 6.26 Å². The first-order valence-electron chi connectivity index (χ1n) is 3.10. The van der Waals surface area contributed by atoms with Crippen molar-refractivity contribution >= 4 is 29.7 Å². The van der Waals surface area contributed by atoms with E-state index in [9.17, 15) is 14.4 Å². The predicted molar refractivity (Wildman–Crippen MR) is 43.8 cm³/mol. The lowest BCUT2D eigenvalue weighted by molar-refractivity contribution is -0.156. The number of thioether (sulfide) groups is 1. The Morgan fingerprint density at radius 1 is 1.15 bits per heavy atom. The van der Waals surface area contributed by atoms with Crippen molar-refractivity contribution < 1.29 is 29.7 Å². The van der Waals surface area contributed by atoms with Crippen LogP contribution in [0.15, 0.2) is 0 Å². The van der Waals surface area contributed by atoms with Crippen LogP contribution in [0.4, 0.5) is 0 Å². The zero-order chi connectivity index (χ0) is 10.6. The van der Waals surface area contributed by atoms with Crippen LogP contribution >= 0.6 is 11.8 Å². The summed E-state index contributed by atoms with van der Waals surface area (Å²) in [4.78, 5) is 31.4. The van der Waals surface area contributed by atoms with Crippen molar-refractivity contribution in [2.24, 2.45) is 0 Å².